The summed E-state index contributed by atoms with van der Waals surface area (Å²) in [6, 6.07) is 12.1. The molecule has 0 saturated carbocycles. The number of carboxylic acids is 1. The van der Waals surface area contributed by atoms with Crippen LogP contribution in [0.1, 0.15) is 29.8 Å². The number of β-lactam (4-membered cyclic amide) rings is 1. The first-order valence-electron chi connectivity index (χ1n) is 10.7. The Labute approximate surface area is 190 Å². The van der Waals surface area contributed by atoms with Crippen LogP contribution >= 0.6 is 0 Å². The van der Waals surface area contributed by atoms with E-state index in [0.29, 0.717) is 22.4 Å². The van der Waals surface area contributed by atoms with E-state index >= 15 is 0 Å². The molecule has 5 rings (SSSR count). The molecule has 0 bridgehead atoms. The van der Waals surface area contributed by atoms with Crippen LogP contribution in [0.4, 0.5) is 0 Å². The highest BCUT2D eigenvalue weighted by atomic mass is 16.5. The van der Waals surface area contributed by atoms with E-state index in [9.17, 15) is 24.6 Å². The Hall–Kier alpha value is -3.89. The SMILES string of the molecule is CC(O)C1C(=O)N2C(C(=O)[O-])=C(C#CCOc3cccc4c3-c3ccccc3C4=O)[C@H](C)C12. The zero-order valence-corrected chi connectivity index (χ0v) is 18.0. The summed E-state index contributed by atoms with van der Waals surface area (Å²) in [5.41, 5.74) is 2.78. The molecule has 1 N–H and O–H groups in total. The number of carbonyl (C=O) groups excluding carboxylic acids is 3. The second-order valence-corrected chi connectivity index (χ2v) is 8.45. The van der Waals surface area contributed by atoms with Gasteiger partial charge < -0.3 is 24.6 Å². The van der Waals surface area contributed by atoms with Crippen molar-refractivity contribution in [2.45, 2.75) is 26.0 Å². The fraction of sp³-hybridized carbons (Fsp3) is 0.269. The second kappa shape index (κ2) is 7.61. The lowest BCUT2D eigenvalue weighted by Crippen LogP contribution is -2.64. The number of carbonyl (C=O) groups is 3. The van der Waals surface area contributed by atoms with Crippen LogP contribution in [0.5, 0.6) is 5.75 Å². The zero-order chi connectivity index (χ0) is 23.4. The topological polar surface area (TPSA) is 107 Å². The molecule has 2 aromatic rings. The summed E-state index contributed by atoms with van der Waals surface area (Å²) in [5, 5.41) is 21.7. The average molecular weight is 442 g/mol. The summed E-state index contributed by atoms with van der Waals surface area (Å²) in [7, 11) is 0. The Balaban J connectivity index is 1.40. The Bertz CT molecular complexity index is 1310. The molecule has 1 fully saturated rings. The summed E-state index contributed by atoms with van der Waals surface area (Å²) in [6.07, 6.45) is -0.884. The fourth-order valence-corrected chi connectivity index (χ4v) is 5.12. The van der Waals surface area contributed by atoms with Gasteiger partial charge in [-0.15, -0.1) is 0 Å². The lowest BCUT2D eigenvalue weighted by atomic mass is 9.78. The first kappa shape index (κ1) is 21.0. The van der Waals surface area contributed by atoms with Crippen LogP contribution in [0.25, 0.3) is 11.1 Å². The van der Waals surface area contributed by atoms with Gasteiger partial charge in [0.1, 0.15) is 12.4 Å². The van der Waals surface area contributed by atoms with Crippen molar-refractivity contribution in [2.24, 2.45) is 11.8 Å². The second-order valence-electron chi connectivity index (χ2n) is 8.45. The molecule has 2 heterocycles. The van der Waals surface area contributed by atoms with Crippen molar-refractivity contribution < 1.29 is 29.3 Å². The summed E-state index contributed by atoms with van der Waals surface area (Å²) in [4.78, 5) is 37.9. The number of aliphatic carboxylic acids is 1. The van der Waals surface area contributed by atoms with Gasteiger partial charge in [-0.3, -0.25) is 9.59 Å². The van der Waals surface area contributed by atoms with Gasteiger partial charge in [-0.05, 0) is 18.6 Å². The predicted molar refractivity (Wildman–Crippen MR) is 116 cm³/mol. The van der Waals surface area contributed by atoms with Crippen molar-refractivity contribution in [3.8, 4) is 28.7 Å². The third-order valence-electron chi connectivity index (χ3n) is 6.60. The van der Waals surface area contributed by atoms with Crippen LogP contribution in [-0.4, -0.2) is 46.4 Å². The van der Waals surface area contributed by atoms with Gasteiger partial charge in [-0.25, -0.2) is 0 Å². The molecule has 1 aliphatic carbocycles. The molecule has 3 unspecified atom stereocenters. The molecule has 0 aromatic heterocycles. The number of hydrogen-bond acceptors (Lipinski definition) is 6. The number of ether oxygens (including phenoxy) is 1. The molecule has 0 radical (unpaired) electrons. The first-order chi connectivity index (χ1) is 15.8. The molecule has 3 aliphatic rings. The molecule has 166 valence electrons. The van der Waals surface area contributed by atoms with E-state index in [1.165, 1.54) is 11.8 Å². The minimum Gasteiger partial charge on any atom is -0.543 e. The molecule has 7 heteroatoms. The summed E-state index contributed by atoms with van der Waals surface area (Å²) in [5.74, 6) is 3.24. The molecule has 0 spiro atoms. The standard InChI is InChI=1S/C26H21NO6/c1-13-15(23(26(31)32)27-22(13)20(14(2)28)25(27)30)10-6-12-33-19-11-5-9-18-21(19)16-7-3-4-8-17(16)24(18)29/h3-5,7-9,11,13-14,20,22,28H,12H2,1-2H3,(H,31,32)/p-1/t13-,14?,20?,22?/m0/s1. The number of amides is 1. The highest BCUT2D eigenvalue weighted by Gasteiger charge is 2.58. The summed E-state index contributed by atoms with van der Waals surface area (Å²) < 4.78 is 5.86. The number of carboxylic acid groups (broad SMARTS) is 1. The largest absolute Gasteiger partial charge is 0.543 e. The fourth-order valence-electron chi connectivity index (χ4n) is 5.12. The predicted octanol–water partition coefficient (Wildman–Crippen LogP) is 1.14. The van der Waals surface area contributed by atoms with E-state index in [2.05, 4.69) is 11.8 Å². The van der Waals surface area contributed by atoms with Crippen molar-refractivity contribution in [1.29, 1.82) is 0 Å². The van der Waals surface area contributed by atoms with E-state index in [1.807, 2.05) is 18.2 Å². The number of hydrogen-bond donors (Lipinski definition) is 1. The molecule has 1 saturated heterocycles. The number of aliphatic hydroxyl groups is 1. The van der Waals surface area contributed by atoms with Gasteiger partial charge in [0.15, 0.2) is 5.78 Å². The monoisotopic (exact) mass is 442 g/mol. The van der Waals surface area contributed by atoms with E-state index in [0.717, 1.165) is 11.1 Å². The maximum atomic E-state index is 12.6. The van der Waals surface area contributed by atoms with Crippen molar-refractivity contribution in [3.05, 3.63) is 64.9 Å². The van der Waals surface area contributed by atoms with E-state index in [4.69, 9.17) is 4.74 Å². The first-order valence-corrected chi connectivity index (χ1v) is 10.7. The summed E-state index contributed by atoms with van der Waals surface area (Å²) in [6.45, 7) is 3.26. The number of benzene rings is 2. The van der Waals surface area contributed by atoms with Crippen LogP contribution in [0.2, 0.25) is 0 Å². The van der Waals surface area contributed by atoms with E-state index in [-0.39, 0.29) is 24.0 Å². The van der Waals surface area contributed by atoms with Gasteiger partial charge >= 0.3 is 0 Å². The number of nitrogens with zero attached hydrogens (tertiary/aromatic N) is 1. The third-order valence-corrected chi connectivity index (χ3v) is 6.60. The zero-order valence-electron chi connectivity index (χ0n) is 18.0. The number of rotatable bonds is 4. The lowest BCUT2D eigenvalue weighted by Gasteiger charge is -2.47. The van der Waals surface area contributed by atoms with Crippen LogP contribution < -0.4 is 9.84 Å². The maximum Gasteiger partial charge on any atom is 0.235 e. The molecule has 7 nitrogen and oxygen atoms in total. The quantitative estimate of drug-likeness (QED) is 0.480. The number of aliphatic hydroxyl groups excluding tert-OH is 1. The van der Waals surface area contributed by atoms with Gasteiger partial charge in [0.2, 0.25) is 5.91 Å². The summed E-state index contributed by atoms with van der Waals surface area (Å²) >= 11 is 0. The van der Waals surface area contributed by atoms with Gasteiger partial charge in [0, 0.05) is 28.2 Å². The van der Waals surface area contributed by atoms with Gasteiger partial charge in [0.25, 0.3) is 0 Å². The maximum absolute atomic E-state index is 12.6. The molecule has 33 heavy (non-hydrogen) atoms. The normalized spacial score (nSPS) is 23.2. The average Bonchev–Trinajstić information content (AvgIpc) is 3.21. The van der Waals surface area contributed by atoms with Crippen molar-refractivity contribution in [3.63, 3.8) is 0 Å². The van der Waals surface area contributed by atoms with E-state index < -0.39 is 29.9 Å². The highest BCUT2D eigenvalue weighted by molar-refractivity contribution is 6.22. The molecular formula is C26H20NO6-. The minimum absolute atomic E-state index is 0.0399. The third kappa shape index (κ3) is 2.99. The Kier molecular flexibility index (Phi) is 4.84. The van der Waals surface area contributed by atoms with Crippen molar-refractivity contribution in [2.75, 3.05) is 6.61 Å². The van der Waals surface area contributed by atoms with E-state index in [1.54, 1.807) is 31.2 Å². The minimum atomic E-state index is -1.47. The highest BCUT2D eigenvalue weighted by Crippen LogP contribution is 2.46. The van der Waals surface area contributed by atoms with Gasteiger partial charge in [-0.2, -0.15) is 0 Å². The Morgan fingerprint density at radius 2 is 1.85 bits per heavy atom. The van der Waals surface area contributed by atoms with Crippen LogP contribution in [-0.2, 0) is 9.59 Å². The number of ketones is 1. The smallest absolute Gasteiger partial charge is 0.235 e. The Morgan fingerprint density at radius 3 is 2.55 bits per heavy atom. The van der Waals surface area contributed by atoms with Crippen LogP contribution in [0, 0.1) is 23.7 Å². The Morgan fingerprint density at radius 1 is 1.15 bits per heavy atom. The van der Waals surface area contributed by atoms with Gasteiger partial charge in [-0.1, -0.05) is 55.2 Å². The molecule has 4 atom stereocenters. The molecule has 2 aromatic carbocycles. The number of fused-ring (bicyclic) bond motifs is 4. The molecular weight excluding hydrogens is 422 g/mol. The molecule has 2 aliphatic heterocycles. The van der Waals surface area contributed by atoms with Gasteiger partial charge in [0.05, 0.1) is 29.7 Å². The van der Waals surface area contributed by atoms with Crippen molar-refractivity contribution >= 4 is 17.7 Å². The van der Waals surface area contributed by atoms with Crippen LogP contribution in [0.15, 0.2) is 53.7 Å². The van der Waals surface area contributed by atoms with Crippen LogP contribution in [0.3, 0.4) is 0 Å². The lowest BCUT2D eigenvalue weighted by molar-refractivity contribution is -0.301. The molecule has 1 amide bonds. The van der Waals surface area contributed by atoms with Crippen molar-refractivity contribution in [1.82, 2.24) is 4.90 Å².